The van der Waals surface area contributed by atoms with Gasteiger partial charge in [-0.2, -0.15) is 5.10 Å². The first-order chi connectivity index (χ1) is 11.2. The molecule has 2 atom stereocenters. The van der Waals surface area contributed by atoms with E-state index in [9.17, 15) is 4.79 Å². The van der Waals surface area contributed by atoms with E-state index in [0.717, 1.165) is 22.6 Å². The van der Waals surface area contributed by atoms with E-state index in [4.69, 9.17) is 11.6 Å². The summed E-state index contributed by atoms with van der Waals surface area (Å²) >= 11 is 7.85. The molecule has 2 unspecified atom stereocenters. The summed E-state index contributed by atoms with van der Waals surface area (Å²) in [6.45, 7) is 0. The Morgan fingerprint density at radius 2 is 2.13 bits per heavy atom. The Hall–Kier alpha value is -1.78. The van der Waals surface area contributed by atoms with Crippen molar-refractivity contribution in [3.05, 3.63) is 64.7 Å². The molecule has 0 bridgehead atoms. The Balaban J connectivity index is 1.56. The summed E-state index contributed by atoms with van der Waals surface area (Å²) in [6.07, 6.45) is 4.53. The maximum atomic E-state index is 12.1. The summed E-state index contributed by atoms with van der Waals surface area (Å²) in [4.78, 5) is 13.3. The van der Waals surface area contributed by atoms with Crippen LogP contribution in [0.4, 0.5) is 0 Å². The van der Waals surface area contributed by atoms with Crippen LogP contribution in [0.25, 0.3) is 0 Å². The summed E-state index contributed by atoms with van der Waals surface area (Å²) in [6, 6.07) is 15.7. The minimum absolute atomic E-state index is 0.0374. The van der Waals surface area contributed by atoms with Gasteiger partial charge in [0.15, 0.2) is 0 Å². The van der Waals surface area contributed by atoms with E-state index >= 15 is 0 Å². The molecule has 0 heterocycles. The first kappa shape index (κ1) is 16.1. The summed E-state index contributed by atoms with van der Waals surface area (Å²) in [5.41, 5.74) is 4.65. The van der Waals surface area contributed by atoms with Crippen LogP contribution in [-0.2, 0) is 4.79 Å². The van der Waals surface area contributed by atoms with Crippen LogP contribution in [0.2, 0.25) is 5.02 Å². The van der Waals surface area contributed by atoms with Crippen molar-refractivity contribution < 1.29 is 4.79 Å². The third-order valence-electron chi connectivity index (χ3n) is 3.91. The van der Waals surface area contributed by atoms with Crippen LogP contribution < -0.4 is 5.43 Å². The van der Waals surface area contributed by atoms with Crippen LogP contribution in [0.5, 0.6) is 0 Å². The minimum Gasteiger partial charge on any atom is -0.273 e. The molecular weight excluding hydrogens is 328 g/mol. The van der Waals surface area contributed by atoms with Crippen LogP contribution in [0.15, 0.2) is 58.5 Å². The van der Waals surface area contributed by atoms with Gasteiger partial charge in [0.05, 0.1) is 6.21 Å². The molecule has 0 aliphatic heterocycles. The largest absolute Gasteiger partial charge is 0.273 e. The van der Waals surface area contributed by atoms with Crippen LogP contribution >= 0.6 is 23.4 Å². The second-order valence-electron chi connectivity index (χ2n) is 5.48. The highest BCUT2D eigenvalue weighted by Gasteiger charge is 2.44. The van der Waals surface area contributed by atoms with Crippen LogP contribution in [0.3, 0.4) is 0 Å². The Bertz CT molecular complexity index is 747. The molecule has 1 fully saturated rings. The van der Waals surface area contributed by atoms with Gasteiger partial charge in [0.2, 0.25) is 5.91 Å². The predicted octanol–water partition coefficient (Wildman–Crippen LogP) is 4.32. The van der Waals surface area contributed by atoms with Gasteiger partial charge in [0, 0.05) is 15.8 Å². The van der Waals surface area contributed by atoms with Crippen molar-refractivity contribution in [2.45, 2.75) is 17.2 Å². The fourth-order valence-corrected chi connectivity index (χ4v) is 3.32. The van der Waals surface area contributed by atoms with Crippen molar-refractivity contribution >= 4 is 35.5 Å². The monoisotopic (exact) mass is 344 g/mol. The second kappa shape index (κ2) is 7.20. The molecule has 1 aliphatic rings. The van der Waals surface area contributed by atoms with E-state index in [1.807, 2.05) is 54.8 Å². The standard InChI is InChI=1S/C18H17ClN2OS/c1-23-13-6-4-5-12(9-13)11-20-21-18(22)16-10-15(16)14-7-2-3-8-17(14)19/h2-9,11,15-16H,10H2,1H3,(H,21,22). The van der Waals surface area contributed by atoms with Crippen molar-refractivity contribution in [2.24, 2.45) is 11.0 Å². The maximum absolute atomic E-state index is 12.1. The Morgan fingerprint density at radius 3 is 2.91 bits per heavy atom. The van der Waals surface area contributed by atoms with Gasteiger partial charge < -0.3 is 0 Å². The number of nitrogens with one attached hydrogen (secondary N) is 1. The fraction of sp³-hybridized carbons (Fsp3) is 0.222. The third kappa shape index (κ3) is 3.95. The molecule has 0 spiro atoms. The molecule has 0 aromatic heterocycles. The summed E-state index contributed by atoms with van der Waals surface area (Å²) in [7, 11) is 0. The highest BCUT2D eigenvalue weighted by molar-refractivity contribution is 7.98. The van der Waals surface area contributed by atoms with Crippen LogP contribution in [0.1, 0.15) is 23.5 Å². The molecule has 1 amide bonds. The lowest BCUT2D eigenvalue weighted by Gasteiger charge is -2.02. The predicted molar refractivity (Wildman–Crippen MR) is 96.3 cm³/mol. The maximum Gasteiger partial charge on any atom is 0.243 e. The summed E-state index contributed by atoms with van der Waals surface area (Å²) < 4.78 is 0. The lowest BCUT2D eigenvalue weighted by molar-refractivity contribution is -0.122. The average Bonchev–Trinajstić information content (AvgIpc) is 3.36. The van der Waals surface area contributed by atoms with E-state index in [1.165, 1.54) is 4.90 Å². The van der Waals surface area contributed by atoms with Gasteiger partial charge in [-0.15, -0.1) is 11.8 Å². The molecular formula is C18H17ClN2OS. The first-order valence-corrected chi connectivity index (χ1v) is 9.00. The van der Waals surface area contributed by atoms with E-state index in [0.29, 0.717) is 0 Å². The van der Waals surface area contributed by atoms with E-state index in [2.05, 4.69) is 10.5 Å². The Kier molecular flexibility index (Phi) is 5.03. The number of nitrogens with zero attached hydrogens (tertiary/aromatic N) is 1. The van der Waals surface area contributed by atoms with Crippen molar-refractivity contribution in [3.8, 4) is 0 Å². The van der Waals surface area contributed by atoms with Crippen molar-refractivity contribution in [3.63, 3.8) is 0 Å². The summed E-state index contributed by atoms with van der Waals surface area (Å²) in [5.74, 6) is 0.121. The Labute approximate surface area is 145 Å². The number of benzene rings is 2. The molecule has 118 valence electrons. The molecule has 23 heavy (non-hydrogen) atoms. The summed E-state index contributed by atoms with van der Waals surface area (Å²) in [5, 5.41) is 4.79. The van der Waals surface area contributed by atoms with Gasteiger partial charge >= 0.3 is 0 Å². The smallest absolute Gasteiger partial charge is 0.243 e. The van der Waals surface area contributed by atoms with Gasteiger partial charge in [-0.1, -0.05) is 41.9 Å². The zero-order valence-electron chi connectivity index (χ0n) is 12.7. The highest BCUT2D eigenvalue weighted by atomic mass is 35.5. The second-order valence-corrected chi connectivity index (χ2v) is 6.77. The van der Waals surface area contributed by atoms with Crippen LogP contribution in [-0.4, -0.2) is 18.4 Å². The first-order valence-electron chi connectivity index (χ1n) is 7.40. The molecule has 1 saturated carbocycles. The van der Waals surface area contributed by atoms with Crippen LogP contribution in [0, 0.1) is 5.92 Å². The minimum atomic E-state index is -0.0489. The van der Waals surface area contributed by atoms with Gasteiger partial charge in [0.25, 0.3) is 0 Å². The number of carbonyl (C=O) groups excluding carboxylic acids is 1. The zero-order valence-corrected chi connectivity index (χ0v) is 14.3. The highest BCUT2D eigenvalue weighted by Crippen LogP contribution is 2.49. The molecule has 5 heteroatoms. The fourth-order valence-electron chi connectivity index (χ4n) is 2.58. The van der Waals surface area contributed by atoms with Gasteiger partial charge in [-0.25, -0.2) is 5.43 Å². The van der Waals surface area contributed by atoms with Crippen molar-refractivity contribution in [2.75, 3.05) is 6.26 Å². The van der Waals surface area contributed by atoms with Gasteiger partial charge in [0.1, 0.15) is 0 Å². The van der Waals surface area contributed by atoms with E-state index in [-0.39, 0.29) is 17.7 Å². The molecule has 2 aromatic carbocycles. The molecule has 3 rings (SSSR count). The molecule has 1 N–H and O–H groups in total. The quantitative estimate of drug-likeness (QED) is 0.498. The van der Waals surface area contributed by atoms with Crippen molar-refractivity contribution in [1.82, 2.24) is 5.43 Å². The SMILES string of the molecule is CSc1cccc(C=NNC(=O)C2CC2c2ccccc2Cl)c1. The molecule has 0 radical (unpaired) electrons. The zero-order chi connectivity index (χ0) is 16.2. The average molecular weight is 345 g/mol. The van der Waals surface area contributed by atoms with Gasteiger partial charge in [-0.05, 0) is 47.9 Å². The number of amides is 1. The van der Waals surface area contributed by atoms with E-state index < -0.39 is 0 Å². The number of hydrogen-bond donors (Lipinski definition) is 1. The molecule has 1 aliphatic carbocycles. The normalized spacial score (nSPS) is 19.7. The lowest BCUT2D eigenvalue weighted by atomic mass is 10.1. The van der Waals surface area contributed by atoms with Crippen molar-refractivity contribution in [1.29, 1.82) is 0 Å². The number of rotatable bonds is 5. The number of thioether (sulfide) groups is 1. The van der Waals surface area contributed by atoms with Gasteiger partial charge in [-0.3, -0.25) is 4.79 Å². The number of carbonyl (C=O) groups is 1. The molecule has 2 aromatic rings. The molecule has 0 saturated heterocycles. The number of hydrazone groups is 1. The third-order valence-corrected chi connectivity index (χ3v) is 4.98. The molecule has 3 nitrogen and oxygen atoms in total. The topological polar surface area (TPSA) is 41.5 Å². The van der Waals surface area contributed by atoms with E-state index in [1.54, 1.807) is 18.0 Å². The number of halogens is 1. The number of hydrogen-bond acceptors (Lipinski definition) is 3. The lowest BCUT2D eigenvalue weighted by Crippen LogP contribution is -2.20. The Morgan fingerprint density at radius 1 is 1.30 bits per heavy atom.